The first-order valence-electron chi connectivity index (χ1n) is 18.9. The fourth-order valence-electron chi connectivity index (χ4n) is 9.28. The van der Waals surface area contributed by atoms with Gasteiger partial charge in [0, 0.05) is 38.3 Å². The SMILES string of the molecule is Cc1ccc2c(c1)C(C)(C)c1cc(-c3ccc4c(c3)c3cc(-c5ccc6c(c5)c5ccccc5n6-c5ccccc5)ccc3n4-c3ccccc3)ccc1-2. The van der Waals surface area contributed by atoms with Crippen LogP contribution in [0, 0.1) is 6.92 Å². The Kier molecular flexibility index (Phi) is 6.55. The monoisotopic (exact) mass is 690 g/mol. The van der Waals surface area contributed by atoms with Crippen LogP contribution in [0.4, 0.5) is 0 Å². The highest BCUT2D eigenvalue weighted by Crippen LogP contribution is 2.50. The van der Waals surface area contributed by atoms with Crippen LogP contribution < -0.4 is 0 Å². The van der Waals surface area contributed by atoms with Crippen LogP contribution in [0.3, 0.4) is 0 Å². The van der Waals surface area contributed by atoms with E-state index in [9.17, 15) is 0 Å². The molecule has 0 atom stereocenters. The predicted molar refractivity (Wildman–Crippen MR) is 228 cm³/mol. The van der Waals surface area contributed by atoms with Crippen LogP contribution in [0.25, 0.3) is 88.4 Å². The Balaban J connectivity index is 1.10. The quantitative estimate of drug-likeness (QED) is 0.174. The van der Waals surface area contributed by atoms with E-state index in [2.05, 4.69) is 206 Å². The molecule has 0 spiro atoms. The number of rotatable bonds is 4. The number of hydrogen-bond acceptors (Lipinski definition) is 0. The lowest BCUT2D eigenvalue weighted by atomic mass is 9.81. The van der Waals surface area contributed by atoms with Crippen LogP contribution in [0.5, 0.6) is 0 Å². The van der Waals surface area contributed by atoms with Gasteiger partial charge in [-0.25, -0.2) is 0 Å². The lowest BCUT2D eigenvalue weighted by Gasteiger charge is -2.22. The number of nitrogens with zero attached hydrogens (tertiary/aromatic N) is 2. The maximum absolute atomic E-state index is 2.44. The van der Waals surface area contributed by atoms with E-state index in [1.165, 1.54) is 105 Å². The molecular formula is C52H38N2. The molecule has 0 saturated heterocycles. The Morgan fingerprint density at radius 2 is 0.759 bits per heavy atom. The lowest BCUT2D eigenvalue weighted by molar-refractivity contribution is 0.660. The van der Waals surface area contributed by atoms with E-state index < -0.39 is 0 Å². The highest BCUT2D eigenvalue weighted by atomic mass is 15.0. The smallest absolute Gasteiger partial charge is 0.0541 e. The van der Waals surface area contributed by atoms with Crippen LogP contribution in [0.15, 0.2) is 176 Å². The summed E-state index contributed by atoms with van der Waals surface area (Å²) in [5.41, 5.74) is 18.9. The van der Waals surface area contributed by atoms with Gasteiger partial charge in [-0.3, -0.25) is 0 Å². The summed E-state index contributed by atoms with van der Waals surface area (Å²) in [6, 6.07) is 65.2. The number of aromatic nitrogens is 2. The third kappa shape index (κ3) is 4.47. The molecule has 10 aromatic rings. The third-order valence-corrected chi connectivity index (χ3v) is 12.0. The molecular weight excluding hydrogens is 653 g/mol. The molecule has 1 aliphatic rings. The highest BCUT2D eigenvalue weighted by Gasteiger charge is 2.35. The second-order valence-electron chi connectivity index (χ2n) is 15.5. The minimum Gasteiger partial charge on any atom is -0.309 e. The first-order valence-corrected chi connectivity index (χ1v) is 18.9. The van der Waals surface area contributed by atoms with E-state index in [-0.39, 0.29) is 5.41 Å². The predicted octanol–water partition coefficient (Wildman–Crippen LogP) is 13.8. The molecule has 2 aromatic heterocycles. The van der Waals surface area contributed by atoms with Crippen molar-refractivity contribution in [3.63, 3.8) is 0 Å². The summed E-state index contributed by atoms with van der Waals surface area (Å²) in [6.07, 6.45) is 0. The number of aryl methyl sites for hydroxylation is 1. The second kappa shape index (κ2) is 11.4. The molecule has 11 rings (SSSR count). The molecule has 256 valence electrons. The fraction of sp³-hybridized carbons (Fsp3) is 0.0769. The normalized spacial score (nSPS) is 13.2. The summed E-state index contributed by atoms with van der Waals surface area (Å²) in [5.74, 6) is 0. The first-order chi connectivity index (χ1) is 26.4. The third-order valence-electron chi connectivity index (χ3n) is 12.0. The van der Waals surface area contributed by atoms with Crippen molar-refractivity contribution in [2.45, 2.75) is 26.2 Å². The van der Waals surface area contributed by atoms with Gasteiger partial charge in [0.05, 0.1) is 22.1 Å². The lowest BCUT2D eigenvalue weighted by Crippen LogP contribution is -2.15. The number of benzene rings is 8. The zero-order valence-electron chi connectivity index (χ0n) is 30.6. The van der Waals surface area contributed by atoms with Gasteiger partial charge in [0.2, 0.25) is 0 Å². The molecule has 1 aliphatic carbocycles. The second-order valence-corrected chi connectivity index (χ2v) is 15.5. The average Bonchev–Trinajstić information content (AvgIpc) is 3.80. The summed E-state index contributed by atoms with van der Waals surface area (Å²) in [5, 5.41) is 5.04. The first kappa shape index (κ1) is 30.9. The van der Waals surface area contributed by atoms with Gasteiger partial charge in [-0.15, -0.1) is 0 Å². The standard InChI is InChI=1S/C52H38N2/c1-33-18-23-40-41-24-19-37(32-47(41)52(2,3)46(40)28-33)36-22-27-51-45(31-36)44-30-35(21-26-50(44)54(51)39-14-8-5-9-15-39)34-20-25-49-43(29-34)42-16-10-11-17-48(42)53(49)38-12-6-4-7-13-38/h4-32H,1-3H3. The van der Waals surface area contributed by atoms with E-state index in [1.54, 1.807) is 0 Å². The Labute approximate surface area is 315 Å². The Morgan fingerprint density at radius 1 is 0.352 bits per heavy atom. The molecule has 0 amide bonds. The van der Waals surface area contributed by atoms with Crippen molar-refractivity contribution in [3.05, 3.63) is 193 Å². The molecule has 0 unspecified atom stereocenters. The Bertz CT molecular complexity index is 3120. The maximum Gasteiger partial charge on any atom is 0.0541 e. The van der Waals surface area contributed by atoms with Gasteiger partial charge in [-0.1, -0.05) is 123 Å². The van der Waals surface area contributed by atoms with Crippen molar-refractivity contribution >= 4 is 43.6 Å². The van der Waals surface area contributed by atoms with Gasteiger partial charge in [0.1, 0.15) is 0 Å². The van der Waals surface area contributed by atoms with Crippen molar-refractivity contribution < 1.29 is 0 Å². The molecule has 0 bridgehead atoms. The van der Waals surface area contributed by atoms with Gasteiger partial charge in [0.25, 0.3) is 0 Å². The molecule has 0 radical (unpaired) electrons. The summed E-state index contributed by atoms with van der Waals surface area (Å²) < 4.78 is 4.80. The van der Waals surface area contributed by atoms with E-state index in [0.717, 1.165) is 0 Å². The zero-order valence-corrected chi connectivity index (χ0v) is 30.6. The van der Waals surface area contributed by atoms with Crippen LogP contribution in [-0.2, 0) is 5.41 Å². The van der Waals surface area contributed by atoms with E-state index in [0.29, 0.717) is 0 Å². The van der Waals surface area contributed by atoms with Crippen LogP contribution in [-0.4, -0.2) is 9.13 Å². The highest BCUT2D eigenvalue weighted by molar-refractivity contribution is 6.13. The minimum atomic E-state index is -0.0520. The van der Waals surface area contributed by atoms with Gasteiger partial charge in [-0.05, 0) is 124 Å². The Morgan fingerprint density at radius 3 is 1.31 bits per heavy atom. The van der Waals surface area contributed by atoms with Gasteiger partial charge < -0.3 is 9.13 Å². The molecule has 2 nitrogen and oxygen atoms in total. The largest absolute Gasteiger partial charge is 0.309 e. The molecule has 0 saturated carbocycles. The average molecular weight is 691 g/mol. The summed E-state index contributed by atoms with van der Waals surface area (Å²) >= 11 is 0. The molecule has 2 heteroatoms. The molecule has 8 aromatic carbocycles. The van der Waals surface area contributed by atoms with Crippen molar-refractivity contribution in [2.24, 2.45) is 0 Å². The number of fused-ring (bicyclic) bond motifs is 9. The van der Waals surface area contributed by atoms with Gasteiger partial charge >= 0.3 is 0 Å². The van der Waals surface area contributed by atoms with Gasteiger partial charge in [-0.2, -0.15) is 0 Å². The zero-order chi connectivity index (χ0) is 36.1. The Hall–Kier alpha value is -6.64. The van der Waals surface area contributed by atoms with E-state index >= 15 is 0 Å². The van der Waals surface area contributed by atoms with Crippen molar-refractivity contribution in [2.75, 3.05) is 0 Å². The van der Waals surface area contributed by atoms with Crippen LogP contribution in [0.2, 0.25) is 0 Å². The van der Waals surface area contributed by atoms with Crippen molar-refractivity contribution in [3.8, 4) is 44.8 Å². The van der Waals surface area contributed by atoms with Crippen molar-refractivity contribution in [1.29, 1.82) is 0 Å². The molecule has 54 heavy (non-hydrogen) atoms. The van der Waals surface area contributed by atoms with Crippen LogP contribution >= 0.6 is 0 Å². The molecule has 0 N–H and O–H groups in total. The van der Waals surface area contributed by atoms with E-state index in [1.807, 2.05) is 0 Å². The van der Waals surface area contributed by atoms with Crippen molar-refractivity contribution in [1.82, 2.24) is 9.13 Å². The summed E-state index contributed by atoms with van der Waals surface area (Å²) in [6.45, 7) is 6.94. The molecule has 0 fully saturated rings. The molecule has 0 aliphatic heterocycles. The van der Waals surface area contributed by atoms with E-state index in [4.69, 9.17) is 0 Å². The van der Waals surface area contributed by atoms with Crippen LogP contribution in [0.1, 0.15) is 30.5 Å². The number of hydrogen-bond donors (Lipinski definition) is 0. The molecule has 2 heterocycles. The minimum absolute atomic E-state index is 0.0520. The topological polar surface area (TPSA) is 9.86 Å². The summed E-state index contributed by atoms with van der Waals surface area (Å²) in [4.78, 5) is 0. The number of para-hydroxylation sites is 3. The van der Waals surface area contributed by atoms with Gasteiger partial charge in [0.15, 0.2) is 0 Å². The summed E-state index contributed by atoms with van der Waals surface area (Å²) in [7, 11) is 0. The maximum atomic E-state index is 2.44. The fourth-order valence-corrected chi connectivity index (χ4v) is 9.28.